The van der Waals surface area contributed by atoms with Gasteiger partial charge in [-0.3, -0.25) is 0 Å². The van der Waals surface area contributed by atoms with Crippen LogP contribution in [0.3, 0.4) is 0 Å². The molecule has 0 saturated carbocycles. The molecule has 1 N–H and O–H groups in total. The normalized spacial score (nSPS) is 11.3. The van der Waals surface area contributed by atoms with Crippen molar-refractivity contribution in [2.45, 2.75) is 40.2 Å². The van der Waals surface area contributed by atoms with E-state index in [4.69, 9.17) is 17.5 Å². The van der Waals surface area contributed by atoms with Crippen molar-refractivity contribution in [3.63, 3.8) is 0 Å². The fraction of sp³-hybridized carbons (Fsp3) is 0.321. The van der Waals surface area contributed by atoms with Gasteiger partial charge in [-0.2, -0.15) is 0 Å². The van der Waals surface area contributed by atoms with Crippen LogP contribution in [0.2, 0.25) is 0 Å². The van der Waals surface area contributed by atoms with Gasteiger partial charge in [0.05, 0.1) is 18.4 Å². The molecule has 0 saturated heterocycles. The molecule has 0 aliphatic rings. The van der Waals surface area contributed by atoms with E-state index in [0.717, 1.165) is 33.0 Å². The summed E-state index contributed by atoms with van der Waals surface area (Å²) >= 11 is 4.61. The number of halogens is 2. The summed E-state index contributed by atoms with van der Waals surface area (Å²) in [4.78, 5) is 24.0. The number of aromatic nitrogens is 2. The number of hydrogen-bond donors (Lipinski definition) is 1. The molecule has 0 amide bonds. The van der Waals surface area contributed by atoms with Crippen LogP contribution < -0.4 is 10.1 Å². The van der Waals surface area contributed by atoms with Crippen LogP contribution >= 0.6 is 45.7 Å². The van der Waals surface area contributed by atoms with Gasteiger partial charge in [0.2, 0.25) is 0 Å². The Morgan fingerprint density at radius 3 is 2.64 bits per heavy atom. The molecule has 0 aliphatic heterocycles. The van der Waals surface area contributed by atoms with Crippen LogP contribution in [0.1, 0.15) is 42.9 Å². The number of nitrogens with one attached hydrogen (secondary N) is 1. The summed E-state index contributed by atoms with van der Waals surface area (Å²) in [5.41, 5.74) is 2.60. The number of thiazole rings is 1. The molecule has 4 rings (SSSR count). The largest absolute Gasteiger partial charge is 0.488 e. The van der Waals surface area contributed by atoms with Crippen molar-refractivity contribution in [1.29, 1.82) is 0 Å². The first-order valence-electron chi connectivity index (χ1n) is 12.4. The van der Waals surface area contributed by atoms with Gasteiger partial charge in [0.15, 0.2) is 39.7 Å². The molecule has 3 aromatic heterocycles. The van der Waals surface area contributed by atoms with Crippen molar-refractivity contribution in [3.8, 4) is 27.4 Å². The number of pyridine rings is 1. The maximum absolute atomic E-state index is 14.5. The van der Waals surface area contributed by atoms with E-state index in [1.807, 2.05) is 31.4 Å². The second-order valence-corrected chi connectivity index (χ2v) is 11.9. The number of thiophene rings is 1. The first kappa shape index (κ1) is 29.4. The van der Waals surface area contributed by atoms with Crippen LogP contribution in [0.15, 0.2) is 48.0 Å². The van der Waals surface area contributed by atoms with Gasteiger partial charge in [-0.25, -0.2) is 19.2 Å². The summed E-state index contributed by atoms with van der Waals surface area (Å²) in [7, 11) is 0. The maximum atomic E-state index is 14.5. The Hall–Kier alpha value is -2.61. The fourth-order valence-corrected chi connectivity index (χ4v) is 5.92. The highest BCUT2D eigenvalue weighted by molar-refractivity contribution is 14.1. The number of carbonyl (C=O) groups excluding carboxylic acids is 1. The average molecular weight is 682 g/mol. The highest BCUT2D eigenvalue weighted by Crippen LogP contribution is 2.37. The van der Waals surface area contributed by atoms with E-state index in [2.05, 4.69) is 24.1 Å². The van der Waals surface area contributed by atoms with Crippen LogP contribution in [-0.2, 0) is 14.2 Å². The average Bonchev–Trinajstić information content (AvgIpc) is 3.57. The van der Waals surface area contributed by atoms with Gasteiger partial charge in [0, 0.05) is 27.1 Å². The van der Waals surface area contributed by atoms with E-state index in [1.165, 1.54) is 17.4 Å². The lowest BCUT2D eigenvalue weighted by atomic mass is 10.0. The molecule has 7 nitrogen and oxygen atoms in total. The number of anilines is 2. The number of rotatable bonds is 12. The summed E-state index contributed by atoms with van der Waals surface area (Å²) in [5.74, 6) is -0.0872. The van der Waals surface area contributed by atoms with Crippen molar-refractivity contribution in [1.82, 2.24) is 9.97 Å². The zero-order chi connectivity index (χ0) is 27.9. The lowest BCUT2D eigenvalue weighted by molar-refractivity contribution is 0.0544. The minimum absolute atomic E-state index is 0.0740. The quantitative estimate of drug-likeness (QED) is 0.119. The Balaban J connectivity index is 1.65. The van der Waals surface area contributed by atoms with E-state index >= 15 is 0 Å². The first-order chi connectivity index (χ1) is 18.7. The SMILES string of the molecule is CC(C)Cc1sc(Nc2ncc(-c3cccs3)cc2C(=O)OI)nc1-c1ccc(F)c(OCCOC(C)C)c1. The third-order valence-electron chi connectivity index (χ3n) is 5.50. The molecule has 206 valence electrons. The molecular weight excluding hydrogens is 652 g/mol. The number of carbonyl (C=O) groups is 1. The molecule has 4 aromatic rings. The van der Waals surface area contributed by atoms with E-state index in [1.54, 1.807) is 58.7 Å². The fourth-order valence-electron chi connectivity index (χ4n) is 3.78. The molecule has 3 heterocycles. The summed E-state index contributed by atoms with van der Waals surface area (Å²) < 4.78 is 30.7. The van der Waals surface area contributed by atoms with Crippen LogP contribution in [0.4, 0.5) is 15.3 Å². The summed E-state index contributed by atoms with van der Waals surface area (Å²) in [5, 5.41) is 5.75. The Bertz CT molecular complexity index is 1410. The zero-order valence-corrected chi connectivity index (χ0v) is 25.8. The third kappa shape index (κ3) is 7.74. The topological polar surface area (TPSA) is 82.6 Å². The van der Waals surface area contributed by atoms with E-state index in [-0.39, 0.29) is 18.5 Å². The smallest absolute Gasteiger partial charge is 0.351 e. The Labute approximate surface area is 249 Å². The second-order valence-electron chi connectivity index (χ2n) is 9.39. The van der Waals surface area contributed by atoms with Gasteiger partial charge in [-0.15, -0.1) is 22.7 Å². The molecular formula is C28H29FIN3O4S2. The summed E-state index contributed by atoms with van der Waals surface area (Å²) in [6.07, 6.45) is 2.57. The zero-order valence-electron chi connectivity index (χ0n) is 22.0. The lowest BCUT2D eigenvalue weighted by Crippen LogP contribution is -2.11. The van der Waals surface area contributed by atoms with Gasteiger partial charge in [-0.05, 0) is 61.9 Å². The van der Waals surface area contributed by atoms with Gasteiger partial charge in [-0.1, -0.05) is 19.9 Å². The maximum Gasteiger partial charge on any atom is 0.351 e. The van der Waals surface area contributed by atoms with E-state index < -0.39 is 11.8 Å². The number of ether oxygens (including phenoxy) is 2. The first-order valence-corrected chi connectivity index (χ1v) is 15.0. The summed E-state index contributed by atoms with van der Waals surface area (Å²) in [6, 6.07) is 10.4. The lowest BCUT2D eigenvalue weighted by Gasteiger charge is -2.11. The van der Waals surface area contributed by atoms with Crippen molar-refractivity contribution >= 4 is 62.6 Å². The number of hydrogen-bond acceptors (Lipinski definition) is 9. The van der Waals surface area contributed by atoms with Crippen molar-refractivity contribution < 1.29 is 21.7 Å². The molecule has 0 fully saturated rings. The third-order valence-corrected chi connectivity index (χ3v) is 7.81. The van der Waals surface area contributed by atoms with Gasteiger partial charge in [0.1, 0.15) is 18.0 Å². The van der Waals surface area contributed by atoms with Crippen LogP contribution in [0.25, 0.3) is 21.7 Å². The predicted octanol–water partition coefficient (Wildman–Crippen LogP) is 8.33. The standard InChI is InChI=1S/C28H29FIN3O4S2/c1-16(2)12-24-25(18-7-8-21(29)22(14-18)36-10-9-35-17(3)4)32-28(39-24)33-26-20(27(34)37-30)13-19(15-31-26)23-6-5-11-38-23/h5-8,11,13-17H,9-10,12H2,1-4H3,(H,31,32,33). The van der Waals surface area contributed by atoms with Crippen molar-refractivity contribution in [3.05, 3.63) is 64.2 Å². The van der Waals surface area contributed by atoms with Crippen molar-refractivity contribution in [2.75, 3.05) is 18.5 Å². The molecule has 0 unspecified atom stereocenters. The molecule has 0 atom stereocenters. The van der Waals surface area contributed by atoms with E-state index in [9.17, 15) is 9.18 Å². The molecule has 39 heavy (non-hydrogen) atoms. The number of benzene rings is 1. The second kappa shape index (κ2) is 13.6. The molecule has 11 heteroatoms. The Kier molecular flexibility index (Phi) is 10.3. The Morgan fingerprint density at radius 1 is 1.13 bits per heavy atom. The van der Waals surface area contributed by atoms with Crippen LogP contribution in [0, 0.1) is 11.7 Å². The van der Waals surface area contributed by atoms with Gasteiger partial charge < -0.3 is 17.9 Å². The van der Waals surface area contributed by atoms with Crippen molar-refractivity contribution in [2.24, 2.45) is 5.92 Å². The Morgan fingerprint density at radius 2 is 1.95 bits per heavy atom. The molecule has 0 radical (unpaired) electrons. The van der Waals surface area contributed by atoms with Gasteiger partial charge >= 0.3 is 5.97 Å². The van der Waals surface area contributed by atoms with Crippen LogP contribution in [0.5, 0.6) is 5.75 Å². The molecule has 1 aromatic carbocycles. The molecule has 0 aliphatic carbocycles. The highest BCUT2D eigenvalue weighted by atomic mass is 127. The van der Waals surface area contributed by atoms with Gasteiger partial charge in [0.25, 0.3) is 0 Å². The minimum Gasteiger partial charge on any atom is -0.488 e. The summed E-state index contributed by atoms with van der Waals surface area (Å²) in [6.45, 7) is 8.74. The van der Waals surface area contributed by atoms with Crippen LogP contribution in [-0.4, -0.2) is 35.3 Å². The molecule has 0 spiro atoms. The van der Waals surface area contributed by atoms with E-state index in [0.29, 0.717) is 29.0 Å². The monoisotopic (exact) mass is 681 g/mol. The minimum atomic E-state index is -0.509. The predicted molar refractivity (Wildman–Crippen MR) is 163 cm³/mol. The molecule has 0 bridgehead atoms. The number of nitrogens with zero attached hydrogens (tertiary/aromatic N) is 2. The highest BCUT2D eigenvalue weighted by Gasteiger charge is 2.20.